The molecule has 0 saturated carbocycles. The average molecular weight is 372 g/mol. The summed E-state index contributed by atoms with van der Waals surface area (Å²) in [5.41, 5.74) is 7.52. The van der Waals surface area contributed by atoms with Crippen LogP contribution in [-0.2, 0) is 19.4 Å². The third-order valence-corrected chi connectivity index (χ3v) is 5.35. The van der Waals surface area contributed by atoms with Crippen molar-refractivity contribution in [2.45, 2.75) is 32.7 Å². The number of fused-ring (bicyclic) bond motifs is 2. The topological polar surface area (TPSA) is 42.2 Å². The number of aromatic nitrogens is 3. The monoisotopic (exact) mass is 372 g/mol. The Morgan fingerprint density at radius 3 is 2.61 bits per heavy atom. The van der Waals surface area contributed by atoms with Gasteiger partial charge in [-0.2, -0.15) is 9.61 Å². The van der Waals surface area contributed by atoms with Gasteiger partial charge in [-0.15, -0.1) is 0 Å². The van der Waals surface area contributed by atoms with Crippen LogP contribution in [0, 0.1) is 12.7 Å². The van der Waals surface area contributed by atoms with Crippen LogP contribution in [0.1, 0.15) is 28.8 Å². The van der Waals surface area contributed by atoms with E-state index in [1.807, 2.05) is 22.7 Å². The van der Waals surface area contributed by atoms with Crippen LogP contribution < -0.4 is 5.32 Å². The molecule has 0 unspecified atom stereocenters. The summed E-state index contributed by atoms with van der Waals surface area (Å²) in [6.07, 6.45) is 3.12. The Kier molecular flexibility index (Phi) is 4.08. The third kappa shape index (κ3) is 3.03. The smallest absolute Gasteiger partial charge is 0.158 e. The maximum atomic E-state index is 13.2. The number of nitrogens with one attached hydrogen (secondary N) is 1. The second-order valence-electron chi connectivity index (χ2n) is 7.38. The molecule has 5 heteroatoms. The summed E-state index contributed by atoms with van der Waals surface area (Å²) in [5, 5.41) is 8.38. The average Bonchev–Trinajstić information content (AvgIpc) is 3.33. The van der Waals surface area contributed by atoms with E-state index >= 15 is 0 Å². The van der Waals surface area contributed by atoms with E-state index in [0.29, 0.717) is 6.54 Å². The molecule has 2 heterocycles. The molecule has 28 heavy (non-hydrogen) atoms. The normalized spacial score (nSPS) is 13.1. The van der Waals surface area contributed by atoms with Crippen LogP contribution in [0.4, 0.5) is 10.2 Å². The fraction of sp³-hybridized carbons (Fsp3) is 0.217. The van der Waals surface area contributed by atoms with Gasteiger partial charge in [-0.05, 0) is 43.9 Å². The lowest BCUT2D eigenvalue weighted by atomic mass is 10.1. The van der Waals surface area contributed by atoms with E-state index in [-0.39, 0.29) is 5.82 Å². The highest BCUT2D eigenvalue weighted by atomic mass is 19.1. The summed E-state index contributed by atoms with van der Waals surface area (Å²) in [6, 6.07) is 17.0. The molecule has 140 valence electrons. The van der Waals surface area contributed by atoms with E-state index in [2.05, 4.69) is 36.5 Å². The van der Waals surface area contributed by atoms with Crippen LogP contribution in [0.25, 0.3) is 16.9 Å². The number of hydrogen-bond donors (Lipinski definition) is 1. The Labute approximate surface area is 163 Å². The SMILES string of the molecule is Cc1ccc(-c2cc3nc4c(c(NCc5ccc(F)cc5)n3n2)CCC4)cc1. The predicted molar refractivity (Wildman–Crippen MR) is 109 cm³/mol. The van der Waals surface area contributed by atoms with E-state index in [0.717, 1.165) is 53.2 Å². The van der Waals surface area contributed by atoms with E-state index in [1.54, 1.807) is 0 Å². The second kappa shape index (κ2) is 6.75. The minimum atomic E-state index is -0.217. The highest BCUT2D eigenvalue weighted by Crippen LogP contribution is 2.30. The van der Waals surface area contributed by atoms with Crippen LogP contribution in [-0.4, -0.2) is 14.6 Å². The Morgan fingerprint density at radius 1 is 1.04 bits per heavy atom. The zero-order valence-corrected chi connectivity index (χ0v) is 15.7. The third-order valence-electron chi connectivity index (χ3n) is 5.35. The van der Waals surface area contributed by atoms with Gasteiger partial charge in [-0.1, -0.05) is 42.0 Å². The van der Waals surface area contributed by atoms with Crippen molar-refractivity contribution >= 4 is 11.5 Å². The van der Waals surface area contributed by atoms with E-state index < -0.39 is 0 Å². The molecule has 0 atom stereocenters. The van der Waals surface area contributed by atoms with Crippen LogP contribution in [0.5, 0.6) is 0 Å². The second-order valence-corrected chi connectivity index (χ2v) is 7.38. The zero-order valence-electron chi connectivity index (χ0n) is 15.7. The molecule has 0 amide bonds. The summed E-state index contributed by atoms with van der Waals surface area (Å²) in [7, 11) is 0. The number of anilines is 1. The Hall–Kier alpha value is -3.21. The Bertz CT molecular complexity index is 1140. The molecule has 2 aromatic heterocycles. The van der Waals surface area contributed by atoms with Crippen molar-refractivity contribution in [1.29, 1.82) is 0 Å². The molecule has 0 bridgehead atoms. The largest absolute Gasteiger partial charge is 0.366 e. The van der Waals surface area contributed by atoms with Crippen molar-refractivity contribution in [3.63, 3.8) is 0 Å². The van der Waals surface area contributed by atoms with Crippen LogP contribution >= 0.6 is 0 Å². The number of hydrogen-bond acceptors (Lipinski definition) is 3. The summed E-state index contributed by atoms with van der Waals surface area (Å²) in [5.74, 6) is 0.783. The molecule has 0 fully saturated rings. The molecule has 0 radical (unpaired) electrons. The predicted octanol–water partition coefficient (Wildman–Crippen LogP) is 4.94. The molecule has 0 spiro atoms. The van der Waals surface area contributed by atoms with Crippen molar-refractivity contribution < 1.29 is 4.39 Å². The van der Waals surface area contributed by atoms with E-state index in [4.69, 9.17) is 10.1 Å². The van der Waals surface area contributed by atoms with E-state index in [9.17, 15) is 4.39 Å². The first-order chi connectivity index (χ1) is 13.7. The molecule has 4 aromatic rings. The van der Waals surface area contributed by atoms with E-state index in [1.165, 1.54) is 23.3 Å². The lowest BCUT2D eigenvalue weighted by Gasteiger charge is -2.13. The standard InChI is InChI=1S/C23H21FN4/c1-15-5-9-17(10-6-15)21-13-22-26-20-4-2-3-19(20)23(28(22)27-21)25-14-16-7-11-18(24)12-8-16/h5-13,25H,2-4,14H2,1H3. The number of rotatable bonds is 4. The van der Waals surface area contributed by atoms with Crippen LogP contribution in [0.2, 0.25) is 0 Å². The molecule has 4 nitrogen and oxygen atoms in total. The Balaban J connectivity index is 1.56. The van der Waals surface area contributed by atoms with Gasteiger partial charge >= 0.3 is 0 Å². The molecule has 1 aliphatic carbocycles. The maximum absolute atomic E-state index is 13.2. The fourth-order valence-electron chi connectivity index (χ4n) is 3.82. The lowest BCUT2D eigenvalue weighted by Crippen LogP contribution is -2.10. The van der Waals surface area contributed by atoms with Gasteiger partial charge < -0.3 is 5.32 Å². The van der Waals surface area contributed by atoms with Crippen molar-refractivity contribution in [2.75, 3.05) is 5.32 Å². The first-order valence-electron chi connectivity index (χ1n) is 9.64. The summed E-state index contributed by atoms with van der Waals surface area (Å²) in [4.78, 5) is 4.86. The molecular weight excluding hydrogens is 351 g/mol. The molecule has 2 aromatic carbocycles. The zero-order chi connectivity index (χ0) is 19.1. The van der Waals surface area contributed by atoms with Gasteiger partial charge in [-0.25, -0.2) is 9.37 Å². The summed E-state index contributed by atoms with van der Waals surface area (Å²) < 4.78 is 15.1. The minimum Gasteiger partial charge on any atom is -0.366 e. The number of halogens is 1. The minimum absolute atomic E-state index is 0.217. The first-order valence-corrected chi connectivity index (χ1v) is 9.64. The number of aryl methyl sites for hydroxylation is 2. The first kappa shape index (κ1) is 16.9. The fourth-order valence-corrected chi connectivity index (χ4v) is 3.82. The van der Waals surface area contributed by atoms with Gasteiger partial charge in [-0.3, -0.25) is 0 Å². The maximum Gasteiger partial charge on any atom is 0.158 e. The molecule has 1 aliphatic rings. The number of benzene rings is 2. The van der Waals surface area contributed by atoms with Crippen LogP contribution in [0.3, 0.4) is 0 Å². The van der Waals surface area contributed by atoms with Gasteiger partial charge in [0.05, 0.1) is 5.69 Å². The quantitative estimate of drug-likeness (QED) is 0.551. The highest BCUT2D eigenvalue weighted by molar-refractivity contribution is 5.67. The molecule has 1 N–H and O–H groups in total. The van der Waals surface area contributed by atoms with Crippen molar-refractivity contribution in [1.82, 2.24) is 14.6 Å². The molecule has 0 aliphatic heterocycles. The van der Waals surface area contributed by atoms with Crippen molar-refractivity contribution in [3.8, 4) is 11.3 Å². The van der Waals surface area contributed by atoms with Gasteiger partial charge in [0.2, 0.25) is 0 Å². The highest BCUT2D eigenvalue weighted by Gasteiger charge is 2.21. The van der Waals surface area contributed by atoms with Crippen molar-refractivity contribution in [2.24, 2.45) is 0 Å². The van der Waals surface area contributed by atoms with Gasteiger partial charge in [0.1, 0.15) is 11.6 Å². The molecule has 5 rings (SSSR count). The number of nitrogens with zero attached hydrogens (tertiary/aromatic N) is 3. The Morgan fingerprint density at radius 2 is 1.82 bits per heavy atom. The van der Waals surface area contributed by atoms with Crippen LogP contribution in [0.15, 0.2) is 54.6 Å². The van der Waals surface area contributed by atoms with Gasteiger partial charge in [0.15, 0.2) is 5.65 Å². The van der Waals surface area contributed by atoms with Gasteiger partial charge in [0.25, 0.3) is 0 Å². The summed E-state index contributed by atoms with van der Waals surface area (Å²) in [6.45, 7) is 2.70. The molecule has 0 saturated heterocycles. The lowest BCUT2D eigenvalue weighted by molar-refractivity contribution is 0.627. The summed E-state index contributed by atoms with van der Waals surface area (Å²) >= 11 is 0. The van der Waals surface area contributed by atoms with Crippen molar-refractivity contribution in [3.05, 3.63) is 82.8 Å². The molecular formula is C23H21FN4. The van der Waals surface area contributed by atoms with Gasteiger partial charge in [0, 0.05) is 29.4 Å².